The predicted molar refractivity (Wildman–Crippen MR) is 114 cm³/mol. The van der Waals surface area contributed by atoms with E-state index in [0.717, 1.165) is 14.4 Å². The van der Waals surface area contributed by atoms with Crippen LogP contribution in [0.1, 0.15) is 25.8 Å². The molecule has 2 heterocycles. The lowest BCUT2D eigenvalue weighted by atomic mass is 10.1. The van der Waals surface area contributed by atoms with Gasteiger partial charge in [-0.2, -0.15) is 0 Å². The molecule has 0 saturated carbocycles. The first-order valence-corrected chi connectivity index (χ1v) is 10.8. The van der Waals surface area contributed by atoms with Gasteiger partial charge >= 0.3 is 0 Å². The van der Waals surface area contributed by atoms with Gasteiger partial charge in [-0.1, -0.05) is 18.2 Å². The normalized spacial score (nSPS) is 10.7. The van der Waals surface area contributed by atoms with Crippen molar-refractivity contribution in [2.24, 2.45) is 0 Å². The third-order valence-electron chi connectivity index (χ3n) is 3.96. The van der Waals surface area contributed by atoms with Crippen molar-refractivity contribution in [1.82, 2.24) is 9.88 Å². The molecule has 28 heavy (non-hydrogen) atoms. The summed E-state index contributed by atoms with van der Waals surface area (Å²) in [5, 5.41) is 3.16. The molecule has 0 unspecified atom stereocenters. The van der Waals surface area contributed by atoms with Crippen LogP contribution in [0.3, 0.4) is 0 Å². The van der Waals surface area contributed by atoms with Crippen LogP contribution < -0.4 is 5.32 Å². The summed E-state index contributed by atoms with van der Waals surface area (Å²) in [6.45, 7) is 1.74. The van der Waals surface area contributed by atoms with Crippen LogP contribution in [0.15, 0.2) is 40.2 Å². The second-order valence-corrected chi connectivity index (χ2v) is 9.66. The van der Waals surface area contributed by atoms with Crippen LogP contribution in [0.5, 0.6) is 0 Å². The number of benzene rings is 1. The monoisotopic (exact) mass is 481 g/mol. The predicted octanol–water partition coefficient (Wildman–Crippen LogP) is 4.72. The average Bonchev–Trinajstić information content (AvgIpc) is 3.22. The zero-order valence-electron chi connectivity index (χ0n) is 15.2. The van der Waals surface area contributed by atoms with E-state index in [4.69, 9.17) is 0 Å². The van der Waals surface area contributed by atoms with Crippen LogP contribution in [0.4, 0.5) is 9.52 Å². The minimum atomic E-state index is -0.335. The Morgan fingerprint density at radius 2 is 1.96 bits per heavy atom. The molecule has 1 N–H and O–H groups in total. The molecule has 0 bridgehead atoms. The van der Waals surface area contributed by atoms with E-state index in [2.05, 4.69) is 26.2 Å². The molecule has 0 spiro atoms. The van der Waals surface area contributed by atoms with E-state index >= 15 is 0 Å². The van der Waals surface area contributed by atoms with Crippen LogP contribution in [-0.4, -0.2) is 35.3 Å². The molecule has 2 amide bonds. The number of carbonyl (C=O) groups excluding carboxylic acids is 2. The summed E-state index contributed by atoms with van der Waals surface area (Å²) in [7, 11) is 1.58. The molecule has 3 rings (SSSR count). The Labute approximate surface area is 178 Å². The molecule has 5 nitrogen and oxygen atoms in total. The second-order valence-electron chi connectivity index (χ2n) is 6.11. The maximum atomic E-state index is 13.9. The standard InChI is InChI=1S/C19H17BrFN3O2S2/c1-11-15(9-12-5-3-4-6-13(12)21)28-19(22-11)23-17(25)10-24(2)18(26)14-7-8-16(20)27-14/h3-8H,9-10H2,1-2H3,(H,22,23,25). The Kier molecular flexibility index (Phi) is 6.58. The lowest BCUT2D eigenvalue weighted by Crippen LogP contribution is -2.34. The van der Waals surface area contributed by atoms with Crippen LogP contribution in [-0.2, 0) is 11.2 Å². The van der Waals surface area contributed by atoms with E-state index < -0.39 is 0 Å². The number of amides is 2. The molecule has 3 aromatic rings. The van der Waals surface area contributed by atoms with Crippen LogP contribution in [0.2, 0.25) is 0 Å². The van der Waals surface area contributed by atoms with Gasteiger partial charge in [0.15, 0.2) is 5.13 Å². The molecule has 0 aliphatic rings. The summed E-state index contributed by atoms with van der Waals surface area (Å²) < 4.78 is 14.7. The molecule has 0 aliphatic carbocycles. The van der Waals surface area contributed by atoms with Crippen molar-refractivity contribution in [1.29, 1.82) is 0 Å². The van der Waals surface area contributed by atoms with E-state index in [-0.39, 0.29) is 24.2 Å². The molecule has 0 aliphatic heterocycles. The first kappa shape index (κ1) is 20.6. The fraction of sp³-hybridized carbons (Fsp3) is 0.211. The number of thiazole rings is 1. The maximum absolute atomic E-state index is 13.9. The number of rotatable bonds is 6. The van der Waals surface area contributed by atoms with Gasteiger partial charge in [-0.05, 0) is 46.6 Å². The number of hydrogen-bond donors (Lipinski definition) is 1. The Balaban J connectivity index is 1.61. The Morgan fingerprint density at radius 3 is 2.64 bits per heavy atom. The number of halogens is 2. The molecule has 146 valence electrons. The van der Waals surface area contributed by atoms with E-state index in [9.17, 15) is 14.0 Å². The van der Waals surface area contributed by atoms with Gasteiger partial charge in [-0.25, -0.2) is 9.37 Å². The topological polar surface area (TPSA) is 62.3 Å². The van der Waals surface area contributed by atoms with Crippen molar-refractivity contribution in [3.05, 3.63) is 67.0 Å². The van der Waals surface area contributed by atoms with Crippen molar-refractivity contribution < 1.29 is 14.0 Å². The second kappa shape index (κ2) is 8.93. The summed E-state index contributed by atoms with van der Waals surface area (Å²) in [5.41, 5.74) is 1.33. The number of likely N-dealkylation sites (N-methyl/N-ethyl adjacent to an activating group) is 1. The third-order valence-corrected chi connectivity index (χ3v) is 6.64. The highest BCUT2D eigenvalue weighted by Gasteiger charge is 2.18. The smallest absolute Gasteiger partial charge is 0.264 e. The third kappa shape index (κ3) is 5.03. The molecular formula is C19H17BrFN3O2S2. The van der Waals surface area contributed by atoms with Gasteiger partial charge < -0.3 is 10.2 Å². The summed E-state index contributed by atoms with van der Waals surface area (Å²) in [5.74, 6) is -0.819. The van der Waals surface area contributed by atoms with Gasteiger partial charge in [-0.3, -0.25) is 9.59 Å². The Morgan fingerprint density at radius 1 is 1.21 bits per heavy atom. The minimum absolute atomic E-state index is 0.0877. The number of aryl methyl sites for hydroxylation is 1. The number of aromatic nitrogens is 1. The summed E-state index contributed by atoms with van der Waals surface area (Å²) in [6, 6.07) is 10.1. The highest BCUT2D eigenvalue weighted by molar-refractivity contribution is 9.11. The number of anilines is 1. The van der Waals surface area contributed by atoms with Crippen molar-refractivity contribution >= 4 is 55.5 Å². The van der Waals surface area contributed by atoms with E-state index in [1.807, 2.05) is 6.92 Å². The fourth-order valence-electron chi connectivity index (χ4n) is 2.52. The lowest BCUT2D eigenvalue weighted by molar-refractivity contribution is -0.116. The number of thiophene rings is 1. The number of carbonyl (C=O) groups is 2. The summed E-state index contributed by atoms with van der Waals surface area (Å²) in [4.78, 5) is 31.8. The van der Waals surface area contributed by atoms with Crippen molar-refractivity contribution in [3.63, 3.8) is 0 Å². The highest BCUT2D eigenvalue weighted by Crippen LogP contribution is 2.26. The summed E-state index contributed by atoms with van der Waals surface area (Å²) >= 11 is 5.94. The average molecular weight is 482 g/mol. The zero-order chi connectivity index (χ0) is 20.3. The first-order valence-electron chi connectivity index (χ1n) is 8.34. The van der Waals surface area contributed by atoms with Crippen molar-refractivity contribution in [2.75, 3.05) is 18.9 Å². The van der Waals surface area contributed by atoms with Gasteiger partial charge in [0.1, 0.15) is 5.82 Å². The highest BCUT2D eigenvalue weighted by atomic mass is 79.9. The molecular weight excluding hydrogens is 465 g/mol. The Hall–Kier alpha value is -2.10. The summed E-state index contributed by atoms with van der Waals surface area (Å²) in [6.07, 6.45) is 0.414. The quantitative estimate of drug-likeness (QED) is 0.554. The van der Waals surface area contributed by atoms with E-state index in [1.165, 1.54) is 33.6 Å². The largest absolute Gasteiger partial charge is 0.332 e. The maximum Gasteiger partial charge on any atom is 0.264 e. The first-order chi connectivity index (χ1) is 13.3. The molecule has 0 radical (unpaired) electrons. The zero-order valence-corrected chi connectivity index (χ0v) is 18.4. The molecule has 0 fully saturated rings. The molecule has 0 saturated heterocycles. The van der Waals surface area contributed by atoms with Gasteiger partial charge in [0.05, 0.1) is 20.9 Å². The molecule has 9 heteroatoms. The van der Waals surface area contributed by atoms with Crippen molar-refractivity contribution in [3.8, 4) is 0 Å². The number of nitrogens with one attached hydrogen (secondary N) is 1. The molecule has 2 aromatic heterocycles. The van der Waals surface area contributed by atoms with Gasteiger partial charge in [0, 0.05) is 18.3 Å². The van der Waals surface area contributed by atoms with Gasteiger partial charge in [0.25, 0.3) is 5.91 Å². The molecule has 0 atom stereocenters. The van der Waals surface area contributed by atoms with Crippen LogP contribution in [0.25, 0.3) is 0 Å². The SMILES string of the molecule is Cc1nc(NC(=O)CN(C)C(=O)c2ccc(Br)s2)sc1Cc1ccccc1F. The van der Waals surface area contributed by atoms with Gasteiger partial charge in [0.2, 0.25) is 5.91 Å². The number of hydrogen-bond acceptors (Lipinski definition) is 5. The number of nitrogens with zero attached hydrogens (tertiary/aromatic N) is 2. The van der Waals surface area contributed by atoms with Gasteiger partial charge in [-0.15, -0.1) is 22.7 Å². The molecule has 1 aromatic carbocycles. The Bertz CT molecular complexity index is 1020. The van der Waals surface area contributed by atoms with Crippen LogP contribution in [0, 0.1) is 12.7 Å². The van der Waals surface area contributed by atoms with E-state index in [0.29, 0.717) is 22.0 Å². The van der Waals surface area contributed by atoms with Crippen LogP contribution >= 0.6 is 38.6 Å². The van der Waals surface area contributed by atoms with Crippen molar-refractivity contribution in [2.45, 2.75) is 13.3 Å². The lowest BCUT2D eigenvalue weighted by Gasteiger charge is -2.15. The minimum Gasteiger partial charge on any atom is -0.332 e. The fourth-order valence-corrected chi connectivity index (χ4v) is 4.91. The van der Waals surface area contributed by atoms with E-state index in [1.54, 1.807) is 37.4 Å².